The first-order valence-electron chi connectivity index (χ1n) is 8.98. The number of aliphatic imine (C=N–C) groups is 1. The summed E-state index contributed by atoms with van der Waals surface area (Å²) >= 11 is 0. The summed E-state index contributed by atoms with van der Waals surface area (Å²) in [6.07, 6.45) is 1.12. The number of halogens is 1. The maximum atomic E-state index is 11.6. The summed E-state index contributed by atoms with van der Waals surface area (Å²) in [6.45, 7) is 6.18. The number of hydrogen-bond acceptors (Lipinski definition) is 4. The SMILES string of the molecule is CCNC(=NCc1ccc(CS(=O)(=O)NC)cc1)N1CCC(COC)C1.I. The first-order valence-corrected chi connectivity index (χ1v) is 10.6. The van der Waals surface area contributed by atoms with Crippen molar-refractivity contribution in [3.8, 4) is 0 Å². The van der Waals surface area contributed by atoms with Gasteiger partial charge in [-0.1, -0.05) is 24.3 Å². The Morgan fingerprint density at radius 1 is 1.30 bits per heavy atom. The quantitative estimate of drug-likeness (QED) is 0.317. The molecule has 1 heterocycles. The fourth-order valence-corrected chi connectivity index (χ4v) is 3.80. The lowest BCUT2D eigenvalue weighted by Crippen LogP contribution is -2.40. The van der Waals surface area contributed by atoms with Crippen LogP contribution in [0.5, 0.6) is 0 Å². The van der Waals surface area contributed by atoms with Crippen LogP contribution in [0.3, 0.4) is 0 Å². The molecule has 1 atom stereocenters. The van der Waals surface area contributed by atoms with Crippen LogP contribution in [0.4, 0.5) is 0 Å². The summed E-state index contributed by atoms with van der Waals surface area (Å²) < 4.78 is 30.8. The second-order valence-electron chi connectivity index (χ2n) is 6.51. The van der Waals surface area contributed by atoms with E-state index in [1.807, 2.05) is 24.3 Å². The van der Waals surface area contributed by atoms with E-state index in [-0.39, 0.29) is 29.7 Å². The van der Waals surface area contributed by atoms with Crippen molar-refractivity contribution in [1.82, 2.24) is 14.9 Å². The summed E-state index contributed by atoms with van der Waals surface area (Å²) in [5, 5.41) is 3.36. The lowest BCUT2D eigenvalue weighted by molar-refractivity contribution is 0.157. The van der Waals surface area contributed by atoms with Crippen LogP contribution in [0.15, 0.2) is 29.3 Å². The normalized spacial score (nSPS) is 17.7. The third-order valence-electron chi connectivity index (χ3n) is 4.42. The van der Waals surface area contributed by atoms with E-state index in [0.717, 1.165) is 49.7 Å². The van der Waals surface area contributed by atoms with E-state index in [4.69, 9.17) is 9.73 Å². The number of likely N-dealkylation sites (tertiary alicyclic amines) is 1. The van der Waals surface area contributed by atoms with Gasteiger partial charge in [-0.05, 0) is 31.5 Å². The van der Waals surface area contributed by atoms with Gasteiger partial charge in [0.15, 0.2) is 5.96 Å². The van der Waals surface area contributed by atoms with E-state index in [9.17, 15) is 8.42 Å². The fraction of sp³-hybridized carbons (Fsp3) is 0.611. The molecule has 9 heteroatoms. The number of rotatable bonds is 8. The Morgan fingerprint density at radius 3 is 2.56 bits per heavy atom. The summed E-state index contributed by atoms with van der Waals surface area (Å²) in [4.78, 5) is 7.02. The van der Waals surface area contributed by atoms with Crippen LogP contribution in [0.1, 0.15) is 24.5 Å². The van der Waals surface area contributed by atoms with E-state index in [0.29, 0.717) is 12.5 Å². The highest BCUT2D eigenvalue weighted by atomic mass is 127. The molecule has 0 amide bonds. The molecule has 0 saturated carbocycles. The zero-order valence-electron chi connectivity index (χ0n) is 16.3. The van der Waals surface area contributed by atoms with Crippen molar-refractivity contribution < 1.29 is 13.2 Å². The van der Waals surface area contributed by atoms with Crippen LogP contribution in [-0.2, 0) is 27.1 Å². The van der Waals surface area contributed by atoms with Gasteiger partial charge < -0.3 is 15.0 Å². The van der Waals surface area contributed by atoms with Crippen molar-refractivity contribution >= 4 is 40.0 Å². The smallest absolute Gasteiger partial charge is 0.215 e. The van der Waals surface area contributed by atoms with Crippen molar-refractivity contribution in [3.63, 3.8) is 0 Å². The van der Waals surface area contributed by atoms with Gasteiger partial charge >= 0.3 is 0 Å². The van der Waals surface area contributed by atoms with Crippen molar-refractivity contribution in [2.75, 3.05) is 40.4 Å². The molecule has 0 radical (unpaired) electrons. The molecule has 1 aromatic carbocycles. The average Bonchev–Trinajstić information content (AvgIpc) is 3.08. The Hall–Kier alpha value is -0.910. The van der Waals surface area contributed by atoms with E-state index >= 15 is 0 Å². The van der Waals surface area contributed by atoms with E-state index in [1.54, 1.807) is 7.11 Å². The van der Waals surface area contributed by atoms with Gasteiger partial charge in [-0.25, -0.2) is 18.1 Å². The van der Waals surface area contributed by atoms with Crippen molar-refractivity contribution in [1.29, 1.82) is 0 Å². The molecule has 2 rings (SSSR count). The maximum Gasteiger partial charge on any atom is 0.215 e. The molecule has 1 saturated heterocycles. The lowest BCUT2D eigenvalue weighted by Gasteiger charge is -2.21. The monoisotopic (exact) mass is 510 g/mol. The van der Waals surface area contributed by atoms with Crippen molar-refractivity contribution in [2.24, 2.45) is 10.9 Å². The first kappa shape index (κ1) is 24.1. The number of methoxy groups -OCH3 is 1. The minimum absolute atomic E-state index is 0. The van der Waals surface area contributed by atoms with Gasteiger partial charge in [-0.2, -0.15) is 0 Å². The molecule has 1 aliphatic heterocycles. The van der Waals surface area contributed by atoms with Gasteiger partial charge in [0, 0.05) is 32.7 Å². The molecular weight excluding hydrogens is 479 g/mol. The molecule has 154 valence electrons. The Kier molecular flexibility index (Phi) is 10.6. The molecule has 0 aromatic heterocycles. The topological polar surface area (TPSA) is 83.0 Å². The molecule has 1 fully saturated rings. The van der Waals surface area contributed by atoms with E-state index in [2.05, 4.69) is 21.9 Å². The molecule has 1 aromatic rings. The van der Waals surface area contributed by atoms with Crippen LogP contribution < -0.4 is 10.0 Å². The summed E-state index contributed by atoms with van der Waals surface area (Å²) in [5.41, 5.74) is 1.82. The van der Waals surface area contributed by atoms with Crippen molar-refractivity contribution in [3.05, 3.63) is 35.4 Å². The molecule has 27 heavy (non-hydrogen) atoms. The minimum Gasteiger partial charge on any atom is -0.384 e. The van der Waals surface area contributed by atoms with Gasteiger partial charge in [0.2, 0.25) is 10.0 Å². The number of sulfonamides is 1. The van der Waals surface area contributed by atoms with Crippen molar-refractivity contribution in [2.45, 2.75) is 25.6 Å². The van der Waals surface area contributed by atoms with Crippen LogP contribution in [-0.4, -0.2) is 59.7 Å². The molecule has 1 aliphatic rings. The lowest BCUT2D eigenvalue weighted by atomic mass is 10.1. The molecule has 0 bridgehead atoms. The standard InChI is InChI=1S/C18H30N4O3S.HI/c1-4-20-18(22-10-9-17(12-22)13-25-3)21-11-15-5-7-16(8-6-15)14-26(23,24)19-2;/h5-8,17,19H,4,9-14H2,1-3H3,(H,20,21);1H. The van der Waals surface area contributed by atoms with Crippen LogP contribution >= 0.6 is 24.0 Å². The Balaban J connectivity index is 0.00000364. The minimum atomic E-state index is -3.24. The second kappa shape index (κ2) is 11.8. The number of ether oxygens (including phenoxy) is 1. The highest BCUT2D eigenvalue weighted by molar-refractivity contribution is 14.0. The van der Waals surface area contributed by atoms with Crippen LogP contribution in [0.25, 0.3) is 0 Å². The van der Waals surface area contributed by atoms with Crippen LogP contribution in [0, 0.1) is 5.92 Å². The Morgan fingerprint density at radius 2 is 1.96 bits per heavy atom. The predicted molar refractivity (Wildman–Crippen MR) is 120 cm³/mol. The molecule has 0 aliphatic carbocycles. The highest BCUT2D eigenvalue weighted by Crippen LogP contribution is 2.17. The zero-order chi connectivity index (χ0) is 19.0. The third kappa shape index (κ3) is 7.92. The molecule has 1 unspecified atom stereocenters. The Labute approximate surface area is 180 Å². The second-order valence-corrected chi connectivity index (χ2v) is 8.43. The van der Waals surface area contributed by atoms with Gasteiger partial charge in [0.05, 0.1) is 18.9 Å². The number of guanidine groups is 1. The number of nitrogens with zero attached hydrogens (tertiary/aromatic N) is 2. The summed E-state index contributed by atoms with van der Waals surface area (Å²) in [5.74, 6) is 1.47. The van der Waals surface area contributed by atoms with Gasteiger partial charge in [-0.15, -0.1) is 24.0 Å². The largest absolute Gasteiger partial charge is 0.384 e. The predicted octanol–water partition coefficient (Wildman–Crippen LogP) is 1.79. The molecule has 2 N–H and O–H groups in total. The number of benzene rings is 1. The summed E-state index contributed by atoms with van der Waals surface area (Å²) in [6, 6.07) is 7.56. The van der Waals surface area contributed by atoms with Gasteiger partial charge in [0.1, 0.15) is 0 Å². The number of hydrogen-bond donors (Lipinski definition) is 2. The maximum absolute atomic E-state index is 11.6. The molecule has 7 nitrogen and oxygen atoms in total. The molecular formula is C18H31IN4O3S. The highest BCUT2D eigenvalue weighted by Gasteiger charge is 2.24. The first-order chi connectivity index (χ1) is 12.5. The van der Waals surface area contributed by atoms with Gasteiger partial charge in [0.25, 0.3) is 0 Å². The van der Waals surface area contributed by atoms with E-state index in [1.165, 1.54) is 7.05 Å². The van der Waals surface area contributed by atoms with Gasteiger partial charge in [-0.3, -0.25) is 0 Å². The molecule has 0 spiro atoms. The fourth-order valence-electron chi connectivity index (χ4n) is 3.02. The third-order valence-corrected chi connectivity index (χ3v) is 5.76. The van der Waals surface area contributed by atoms with E-state index < -0.39 is 10.0 Å². The Bertz CT molecular complexity index is 695. The summed E-state index contributed by atoms with van der Waals surface area (Å²) in [7, 11) is -0.0738. The number of nitrogens with one attached hydrogen (secondary N) is 2. The average molecular weight is 510 g/mol. The zero-order valence-corrected chi connectivity index (χ0v) is 19.4. The van der Waals surface area contributed by atoms with Crippen LogP contribution in [0.2, 0.25) is 0 Å².